The van der Waals surface area contributed by atoms with Crippen LogP contribution in [0.2, 0.25) is 0 Å². The number of nitrogens with zero attached hydrogens (tertiary/aromatic N) is 1. The van der Waals surface area contributed by atoms with E-state index in [1.807, 2.05) is 0 Å². The van der Waals surface area contributed by atoms with Gasteiger partial charge in [0.1, 0.15) is 0 Å². The zero-order valence-electron chi connectivity index (χ0n) is 10.0. The van der Waals surface area contributed by atoms with Crippen molar-refractivity contribution in [2.75, 3.05) is 7.11 Å². The van der Waals surface area contributed by atoms with Crippen molar-refractivity contribution < 1.29 is 19.0 Å². The van der Waals surface area contributed by atoms with Gasteiger partial charge in [0, 0.05) is 18.2 Å². The van der Waals surface area contributed by atoms with Crippen molar-refractivity contribution in [1.82, 2.24) is 0 Å². The van der Waals surface area contributed by atoms with Gasteiger partial charge in [0.2, 0.25) is 0 Å². The van der Waals surface area contributed by atoms with Crippen molar-refractivity contribution in [2.24, 2.45) is 0 Å². The van der Waals surface area contributed by atoms with Crippen LogP contribution in [-0.4, -0.2) is 19.2 Å². The van der Waals surface area contributed by atoms with E-state index in [1.165, 1.54) is 25.5 Å². The van der Waals surface area contributed by atoms with Crippen LogP contribution in [0.1, 0.15) is 19.5 Å². The topological polar surface area (TPSA) is 62.5 Å². The zero-order chi connectivity index (χ0) is 12.8. The number of hydrogen-bond donors (Lipinski definition) is 0. The molecule has 0 radical (unpaired) electrons. The van der Waals surface area contributed by atoms with Gasteiger partial charge in [-0.2, -0.15) is 4.73 Å². The molecule has 0 unspecified atom stereocenters. The second kappa shape index (κ2) is 5.89. The Morgan fingerprint density at radius 1 is 1.53 bits per heavy atom. The van der Waals surface area contributed by atoms with Crippen molar-refractivity contribution in [2.45, 2.75) is 20.0 Å². The molecule has 17 heavy (non-hydrogen) atoms. The molecule has 0 N–H and O–H groups in total. The van der Waals surface area contributed by atoms with Crippen molar-refractivity contribution in [3.8, 4) is 5.75 Å². The van der Waals surface area contributed by atoms with E-state index in [-0.39, 0.29) is 11.8 Å². The van der Waals surface area contributed by atoms with Crippen LogP contribution in [0.3, 0.4) is 0 Å². The Hall–Kier alpha value is -2.04. The fourth-order valence-corrected chi connectivity index (χ4v) is 1.23. The van der Waals surface area contributed by atoms with E-state index in [0.717, 1.165) is 0 Å². The lowest BCUT2D eigenvalue weighted by Gasteiger charge is -2.06. The molecular weight excluding hydrogens is 222 g/mol. The first kappa shape index (κ1) is 13.0. The molecule has 0 bridgehead atoms. The summed E-state index contributed by atoms with van der Waals surface area (Å²) in [6.45, 7) is 3.51. The van der Waals surface area contributed by atoms with Gasteiger partial charge in [-0.05, 0) is 19.9 Å². The lowest BCUT2D eigenvalue weighted by atomic mass is 10.3. The molecule has 0 aliphatic heterocycles. The number of esters is 1. The predicted octanol–water partition coefficient (Wildman–Crippen LogP) is 1.29. The molecule has 5 nitrogen and oxygen atoms in total. The number of carbonyl (C=O) groups is 1. The van der Waals surface area contributed by atoms with Gasteiger partial charge in [-0.25, -0.2) is 4.79 Å². The normalized spacial score (nSPS) is 10.8. The molecule has 92 valence electrons. The fraction of sp³-hybridized carbons (Fsp3) is 0.333. The van der Waals surface area contributed by atoms with Crippen LogP contribution in [0.5, 0.6) is 5.75 Å². The van der Waals surface area contributed by atoms with Crippen LogP contribution in [-0.2, 0) is 9.53 Å². The molecular formula is C12H15NO4. The minimum Gasteiger partial charge on any atom is -0.618 e. The summed E-state index contributed by atoms with van der Waals surface area (Å²) in [5.41, 5.74) is 0.260. The first-order valence-corrected chi connectivity index (χ1v) is 5.19. The average molecular weight is 237 g/mol. The molecule has 0 aliphatic carbocycles. The molecule has 1 rings (SSSR count). The number of aromatic nitrogens is 1. The van der Waals surface area contributed by atoms with Crippen LogP contribution in [0, 0.1) is 5.21 Å². The van der Waals surface area contributed by atoms with Crippen molar-refractivity contribution >= 4 is 12.0 Å². The van der Waals surface area contributed by atoms with Crippen LogP contribution in [0.15, 0.2) is 24.4 Å². The minimum absolute atomic E-state index is 0.191. The number of hydrogen-bond acceptors (Lipinski definition) is 4. The highest BCUT2D eigenvalue weighted by atomic mass is 16.5. The molecule has 0 atom stereocenters. The predicted molar refractivity (Wildman–Crippen MR) is 62.2 cm³/mol. The highest BCUT2D eigenvalue weighted by Gasteiger charge is 2.10. The third kappa shape index (κ3) is 3.79. The Bertz CT molecular complexity index is 427. The van der Waals surface area contributed by atoms with Crippen molar-refractivity contribution in [3.05, 3.63) is 35.3 Å². The van der Waals surface area contributed by atoms with Gasteiger partial charge in [0.25, 0.3) is 5.69 Å². The van der Waals surface area contributed by atoms with E-state index in [4.69, 9.17) is 9.47 Å². The van der Waals surface area contributed by atoms with E-state index < -0.39 is 5.97 Å². The smallest absolute Gasteiger partial charge is 0.331 e. The Kier molecular flexibility index (Phi) is 4.51. The summed E-state index contributed by atoms with van der Waals surface area (Å²) in [4.78, 5) is 11.3. The maximum atomic E-state index is 11.5. The Balaban J connectivity index is 2.87. The molecule has 0 saturated heterocycles. The number of rotatable bonds is 4. The molecule has 0 aliphatic rings. The van der Waals surface area contributed by atoms with Gasteiger partial charge in [0.15, 0.2) is 11.9 Å². The van der Waals surface area contributed by atoms with Crippen molar-refractivity contribution in [3.63, 3.8) is 0 Å². The molecule has 0 fully saturated rings. The van der Waals surface area contributed by atoms with Crippen LogP contribution in [0.25, 0.3) is 6.08 Å². The summed E-state index contributed by atoms with van der Waals surface area (Å²) in [6.07, 6.45) is 3.71. The zero-order valence-corrected chi connectivity index (χ0v) is 10.0. The largest absolute Gasteiger partial charge is 0.618 e. The average Bonchev–Trinajstić information content (AvgIpc) is 2.26. The molecule has 1 aromatic rings. The summed E-state index contributed by atoms with van der Waals surface area (Å²) in [7, 11) is 1.46. The Morgan fingerprint density at radius 3 is 2.82 bits per heavy atom. The van der Waals surface area contributed by atoms with Crippen molar-refractivity contribution in [1.29, 1.82) is 0 Å². The monoisotopic (exact) mass is 237 g/mol. The van der Waals surface area contributed by atoms with Gasteiger partial charge < -0.3 is 14.7 Å². The van der Waals surface area contributed by atoms with E-state index in [2.05, 4.69) is 0 Å². The van der Waals surface area contributed by atoms with Crippen LogP contribution in [0.4, 0.5) is 0 Å². The standard InChI is InChI=1S/C12H15NO4/c1-9(2)17-12(14)7-6-10-11(16-3)5-4-8-13(10)15/h4-9H,1-3H3/b7-6+. The molecule has 0 aromatic carbocycles. The third-order valence-electron chi connectivity index (χ3n) is 1.91. The summed E-state index contributed by atoms with van der Waals surface area (Å²) < 4.78 is 10.5. The maximum absolute atomic E-state index is 11.5. The minimum atomic E-state index is -0.495. The first-order valence-electron chi connectivity index (χ1n) is 5.19. The van der Waals surface area contributed by atoms with E-state index in [1.54, 1.807) is 26.0 Å². The van der Waals surface area contributed by atoms with E-state index in [0.29, 0.717) is 10.5 Å². The van der Waals surface area contributed by atoms with E-state index >= 15 is 0 Å². The maximum Gasteiger partial charge on any atom is 0.331 e. The van der Waals surface area contributed by atoms with E-state index in [9.17, 15) is 10.0 Å². The van der Waals surface area contributed by atoms with Gasteiger partial charge in [-0.1, -0.05) is 0 Å². The number of methoxy groups -OCH3 is 1. The van der Waals surface area contributed by atoms with Gasteiger partial charge >= 0.3 is 5.97 Å². The first-order chi connectivity index (χ1) is 8.04. The summed E-state index contributed by atoms with van der Waals surface area (Å²) in [6, 6.07) is 3.21. The lowest BCUT2D eigenvalue weighted by molar-refractivity contribution is -0.607. The van der Waals surface area contributed by atoms with Crippen LogP contribution < -0.4 is 9.47 Å². The van der Waals surface area contributed by atoms with Crippen LogP contribution >= 0.6 is 0 Å². The molecule has 1 aromatic heterocycles. The number of pyridine rings is 1. The molecule has 0 saturated carbocycles. The third-order valence-corrected chi connectivity index (χ3v) is 1.91. The lowest BCUT2D eigenvalue weighted by Crippen LogP contribution is -2.29. The molecule has 1 heterocycles. The van der Waals surface area contributed by atoms with Gasteiger partial charge in [-0.15, -0.1) is 0 Å². The molecule has 5 heteroatoms. The summed E-state index contributed by atoms with van der Waals surface area (Å²) in [5, 5.41) is 11.5. The SMILES string of the molecule is COc1ccc[n+]([O-])c1/C=C/C(=O)OC(C)C. The van der Waals surface area contributed by atoms with Gasteiger partial charge in [-0.3, -0.25) is 0 Å². The number of ether oxygens (including phenoxy) is 2. The second-order valence-corrected chi connectivity index (χ2v) is 3.61. The highest BCUT2D eigenvalue weighted by molar-refractivity contribution is 5.87. The van der Waals surface area contributed by atoms with Gasteiger partial charge in [0.05, 0.1) is 13.2 Å². The molecule has 0 amide bonds. The number of carbonyl (C=O) groups excluding carboxylic acids is 1. The molecule has 0 spiro atoms. The summed E-state index contributed by atoms with van der Waals surface area (Å²) >= 11 is 0. The quantitative estimate of drug-likeness (QED) is 0.342. The second-order valence-electron chi connectivity index (χ2n) is 3.61. The summed E-state index contributed by atoms with van der Waals surface area (Å²) in [5.74, 6) is -0.0954. The highest BCUT2D eigenvalue weighted by Crippen LogP contribution is 2.14. The Labute approximate surface area is 99.9 Å². The Morgan fingerprint density at radius 2 is 2.24 bits per heavy atom. The fourth-order valence-electron chi connectivity index (χ4n) is 1.23.